The molecule has 0 amide bonds. The van der Waals surface area contributed by atoms with E-state index in [1.54, 1.807) is 0 Å². The SMILES string of the molecule is Nc1ncc(CC23CC4CC(CC(C4)C2)C3)o1. The van der Waals surface area contributed by atoms with Gasteiger partial charge in [0.1, 0.15) is 5.76 Å². The van der Waals surface area contributed by atoms with E-state index in [0.29, 0.717) is 11.4 Å². The molecule has 3 nitrogen and oxygen atoms in total. The molecular weight excluding hydrogens is 212 g/mol. The Balaban J connectivity index is 1.60. The van der Waals surface area contributed by atoms with Crippen LogP contribution in [0, 0.1) is 23.2 Å². The van der Waals surface area contributed by atoms with Crippen LogP contribution in [0.3, 0.4) is 0 Å². The maximum absolute atomic E-state index is 5.57. The molecule has 4 bridgehead atoms. The Hall–Kier alpha value is -0.990. The van der Waals surface area contributed by atoms with Gasteiger partial charge >= 0.3 is 0 Å². The average molecular weight is 232 g/mol. The molecule has 0 unspecified atom stereocenters. The third-order valence-corrected chi connectivity index (χ3v) is 5.29. The molecule has 0 aromatic carbocycles. The summed E-state index contributed by atoms with van der Waals surface area (Å²) in [6.07, 6.45) is 11.6. The largest absolute Gasteiger partial charge is 0.429 e. The highest BCUT2D eigenvalue weighted by molar-refractivity contribution is 5.14. The summed E-state index contributed by atoms with van der Waals surface area (Å²) >= 11 is 0. The van der Waals surface area contributed by atoms with E-state index in [0.717, 1.165) is 29.9 Å². The quantitative estimate of drug-likeness (QED) is 0.852. The van der Waals surface area contributed by atoms with Crippen LogP contribution in [0.15, 0.2) is 10.6 Å². The zero-order chi connectivity index (χ0) is 11.5. The monoisotopic (exact) mass is 232 g/mol. The number of rotatable bonds is 2. The summed E-state index contributed by atoms with van der Waals surface area (Å²) in [6.45, 7) is 0. The van der Waals surface area contributed by atoms with Gasteiger partial charge in [-0.2, -0.15) is 0 Å². The van der Waals surface area contributed by atoms with Crippen molar-refractivity contribution in [2.75, 3.05) is 5.73 Å². The molecule has 0 radical (unpaired) electrons. The highest BCUT2D eigenvalue weighted by Gasteiger charge is 2.51. The Bertz CT molecular complexity index is 402. The molecular formula is C14H20N2O. The molecule has 4 aliphatic carbocycles. The number of hydrogen-bond acceptors (Lipinski definition) is 3. The normalized spacial score (nSPS) is 43.2. The van der Waals surface area contributed by atoms with Gasteiger partial charge < -0.3 is 10.2 Å². The van der Waals surface area contributed by atoms with Crippen molar-refractivity contribution in [1.82, 2.24) is 4.98 Å². The summed E-state index contributed by atoms with van der Waals surface area (Å²) in [6, 6.07) is 0.324. The molecule has 5 rings (SSSR count). The zero-order valence-corrected chi connectivity index (χ0v) is 10.2. The van der Waals surface area contributed by atoms with Crippen LogP contribution in [0.5, 0.6) is 0 Å². The van der Waals surface area contributed by atoms with Gasteiger partial charge in [-0.3, -0.25) is 0 Å². The Morgan fingerprint density at radius 1 is 1.18 bits per heavy atom. The number of nitrogens with two attached hydrogens (primary N) is 1. The van der Waals surface area contributed by atoms with Gasteiger partial charge in [0.05, 0.1) is 6.20 Å². The van der Waals surface area contributed by atoms with Crippen LogP contribution in [-0.2, 0) is 6.42 Å². The minimum absolute atomic E-state index is 0.324. The maximum atomic E-state index is 5.57. The van der Waals surface area contributed by atoms with Crippen LogP contribution in [0.25, 0.3) is 0 Å². The molecule has 1 aromatic rings. The van der Waals surface area contributed by atoms with Crippen LogP contribution in [0.4, 0.5) is 6.01 Å². The zero-order valence-electron chi connectivity index (χ0n) is 10.2. The van der Waals surface area contributed by atoms with Gasteiger partial charge in [0.25, 0.3) is 6.01 Å². The molecule has 2 N–H and O–H groups in total. The van der Waals surface area contributed by atoms with Crippen molar-refractivity contribution in [2.24, 2.45) is 23.2 Å². The molecule has 1 heterocycles. The molecule has 4 saturated carbocycles. The number of nitrogens with zero attached hydrogens (tertiary/aromatic N) is 1. The fourth-order valence-electron chi connectivity index (χ4n) is 5.28. The van der Waals surface area contributed by atoms with E-state index in [2.05, 4.69) is 4.98 Å². The predicted octanol–water partition coefficient (Wildman–Crippen LogP) is 3.02. The minimum Gasteiger partial charge on any atom is -0.429 e. The number of anilines is 1. The maximum Gasteiger partial charge on any atom is 0.292 e. The van der Waals surface area contributed by atoms with E-state index < -0.39 is 0 Å². The summed E-state index contributed by atoms with van der Waals surface area (Å²) in [7, 11) is 0. The first kappa shape index (κ1) is 9.98. The molecule has 1 aromatic heterocycles. The van der Waals surface area contributed by atoms with Crippen molar-refractivity contribution < 1.29 is 4.42 Å². The van der Waals surface area contributed by atoms with Crippen LogP contribution < -0.4 is 5.73 Å². The van der Waals surface area contributed by atoms with E-state index in [9.17, 15) is 0 Å². The lowest BCUT2D eigenvalue weighted by Gasteiger charge is -2.56. The number of hydrogen-bond donors (Lipinski definition) is 1. The first-order chi connectivity index (χ1) is 8.21. The highest BCUT2D eigenvalue weighted by Crippen LogP contribution is 2.61. The lowest BCUT2D eigenvalue weighted by molar-refractivity contribution is -0.0543. The van der Waals surface area contributed by atoms with Crippen LogP contribution in [0.2, 0.25) is 0 Å². The lowest BCUT2D eigenvalue weighted by atomic mass is 9.49. The van der Waals surface area contributed by atoms with Crippen LogP contribution in [-0.4, -0.2) is 4.98 Å². The summed E-state index contributed by atoms with van der Waals surface area (Å²) in [5, 5.41) is 0. The fraction of sp³-hybridized carbons (Fsp3) is 0.786. The summed E-state index contributed by atoms with van der Waals surface area (Å²) in [4.78, 5) is 4.03. The van der Waals surface area contributed by atoms with Gasteiger partial charge in [0.15, 0.2) is 0 Å². The molecule has 0 spiro atoms. The van der Waals surface area contributed by atoms with Gasteiger partial charge in [-0.1, -0.05) is 0 Å². The molecule has 4 aliphatic rings. The molecule has 0 saturated heterocycles. The van der Waals surface area contributed by atoms with E-state index >= 15 is 0 Å². The van der Waals surface area contributed by atoms with Crippen molar-refractivity contribution in [3.8, 4) is 0 Å². The van der Waals surface area contributed by atoms with Crippen molar-refractivity contribution in [2.45, 2.75) is 44.9 Å². The van der Waals surface area contributed by atoms with Crippen LogP contribution in [0.1, 0.15) is 44.3 Å². The van der Waals surface area contributed by atoms with Crippen molar-refractivity contribution in [3.63, 3.8) is 0 Å². The van der Waals surface area contributed by atoms with Gasteiger partial charge in [-0.05, 0) is 61.7 Å². The molecule has 0 aliphatic heterocycles. The third kappa shape index (κ3) is 1.59. The Labute approximate surface area is 102 Å². The van der Waals surface area contributed by atoms with E-state index in [4.69, 9.17) is 10.2 Å². The topological polar surface area (TPSA) is 52.0 Å². The Morgan fingerprint density at radius 3 is 2.24 bits per heavy atom. The second kappa shape index (κ2) is 3.27. The highest BCUT2D eigenvalue weighted by atomic mass is 16.4. The number of aromatic nitrogens is 1. The first-order valence-corrected chi connectivity index (χ1v) is 6.91. The third-order valence-electron chi connectivity index (χ3n) is 5.29. The first-order valence-electron chi connectivity index (χ1n) is 6.91. The van der Waals surface area contributed by atoms with Gasteiger partial charge in [-0.15, -0.1) is 0 Å². The summed E-state index contributed by atoms with van der Waals surface area (Å²) in [5.74, 6) is 4.01. The number of nitrogen functional groups attached to an aromatic ring is 1. The second-order valence-electron chi connectivity index (χ2n) is 6.76. The van der Waals surface area contributed by atoms with E-state index in [-0.39, 0.29) is 0 Å². The Morgan fingerprint density at radius 2 is 1.76 bits per heavy atom. The summed E-state index contributed by atoms with van der Waals surface area (Å²) in [5.41, 5.74) is 6.10. The van der Waals surface area contributed by atoms with Gasteiger partial charge in [-0.25, -0.2) is 4.98 Å². The smallest absolute Gasteiger partial charge is 0.292 e. The second-order valence-corrected chi connectivity index (χ2v) is 6.76. The predicted molar refractivity (Wildman–Crippen MR) is 65.2 cm³/mol. The molecule has 92 valence electrons. The van der Waals surface area contributed by atoms with Crippen molar-refractivity contribution in [3.05, 3.63) is 12.0 Å². The van der Waals surface area contributed by atoms with Gasteiger partial charge in [0.2, 0.25) is 0 Å². The fourth-order valence-corrected chi connectivity index (χ4v) is 5.28. The van der Waals surface area contributed by atoms with Crippen molar-refractivity contribution >= 4 is 6.01 Å². The molecule has 4 fully saturated rings. The average Bonchev–Trinajstić information content (AvgIpc) is 2.60. The van der Waals surface area contributed by atoms with Crippen molar-refractivity contribution in [1.29, 1.82) is 0 Å². The molecule has 0 atom stereocenters. The standard InChI is InChI=1S/C14H20N2O/c15-13-16-8-12(17-13)7-14-4-9-1-10(5-14)3-11(2-9)6-14/h8-11H,1-7H2,(H2,15,16). The number of oxazole rings is 1. The Kier molecular flexibility index (Phi) is 1.92. The van der Waals surface area contributed by atoms with E-state index in [1.807, 2.05) is 6.20 Å². The summed E-state index contributed by atoms with van der Waals surface area (Å²) < 4.78 is 5.49. The van der Waals surface area contributed by atoms with Crippen LogP contribution >= 0.6 is 0 Å². The minimum atomic E-state index is 0.324. The van der Waals surface area contributed by atoms with E-state index in [1.165, 1.54) is 38.5 Å². The molecule has 3 heteroatoms. The lowest BCUT2D eigenvalue weighted by Crippen LogP contribution is -2.46. The molecule has 17 heavy (non-hydrogen) atoms. The van der Waals surface area contributed by atoms with Gasteiger partial charge in [0, 0.05) is 6.42 Å².